The van der Waals surface area contributed by atoms with Gasteiger partial charge in [0.2, 0.25) is 0 Å². The molecule has 154 valence electrons. The molecule has 0 spiro atoms. The molecule has 1 saturated heterocycles. The molecule has 0 bridgehead atoms. The van der Waals surface area contributed by atoms with Crippen LogP contribution in [0.1, 0.15) is 18.9 Å². The highest BCUT2D eigenvalue weighted by molar-refractivity contribution is 14.0. The molecule has 1 heterocycles. The van der Waals surface area contributed by atoms with Crippen molar-refractivity contribution in [2.45, 2.75) is 19.9 Å². The summed E-state index contributed by atoms with van der Waals surface area (Å²) in [6, 6.07) is 10.6. The average molecular weight is 489 g/mol. The number of nitrogens with zero attached hydrogens (tertiary/aromatic N) is 3. The largest absolute Gasteiger partial charge is 0.379 e. The summed E-state index contributed by atoms with van der Waals surface area (Å²) in [7, 11) is 2.15. The maximum atomic E-state index is 5.38. The lowest BCUT2D eigenvalue weighted by Gasteiger charge is -2.26. The van der Waals surface area contributed by atoms with Gasteiger partial charge in [-0.05, 0) is 26.0 Å². The molecule has 1 aliphatic rings. The van der Waals surface area contributed by atoms with Crippen LogP contribution >= 0.6 is 24.0 Å². The van der Waals surface area contributed by atoms with Crippen molar-refractivity contribution in [3.8, 4) is 0 Å². The van der Waals surface area contributed by atoms with E-state index in [-0.39, 0.29) is 24.0 Å². The molecule has 2 N–H and O–H groups in total. The van der Waals surface area contributed by atoms with E-state index in [0.717, 1.165) is 78.0 Å². The second kappa shape index (κ2) is 15.1. The van der Waals surface area contributed by atoms with Gasteiger partial charge in [-0.2, -0.15) is 0 Å². The lowest BCUT2D eigenvalue weighted by molar-refractivity contribution is 0.0377. The first-order valence-corrected chi connectivity index (χ1v) is 9.82. The molecule has 0 unspecified atom stereocenters. The number of guanidine groups is 1. The standard InChI is InChI=1S/C20H35N5O.HI/c1-3-21-20(22-10-7-12-25-14-16-26-17-15-25)23-11-13-24(2)18-19-8-5-4-6-9-19;/h4-6,8-9H,3,7,10-18H2,1-2H3,(H2,21,22,23);1H. The van der Waals surface area contributed by atoms with Gasteiger partial charge in [-0.1, -0.05) is 30.3 Å². The molecule has 0 aromatic heterocycles. The van der Waals surface area contributed by atoms with Crippen LogP contribution in [-0.2, 0) is 11.3 Å². The van der Waals surface area contributed by atoms with Crippen molar-refractivity contribution in [2.75, 3.05) is 66.1 Å². The monoisotopic (exact) mass is 489 g/mol. The number of hydrogen-bond donors (Lipinski definition) is 2. The molecular formula is C20H36IN5O. The number of halogens is 1. The Bertz CT molecular complexity index is 508. The van der Waals surface area contributed by atoms with E-state index in [0.29, 0.717) is 0 Å². The Hall–Kier alpha value is -0.900. The summed E-state index contributed by atoms with van der Waals surface area (Å²) < 4.78 is 5.38. The third-order valence-corrected chi connectivity index (χ3v) is 4.43. The van der Waals surface area contributed by atoms with E-state index >= 15 is 0 Å². The first-order chi connectivity index (χ1) is 12.8. The van der Waals surface area contributed by atoms with Crippen molar-refractivity contribution in [2.24, 2.45) is 4.99 Å². The molecule has 7 heteroatoms. The highest BCUT2D eigenvalue weighted by Gasteiger charge is 2.09. The average Bonchev–Trinajstić information content (AvgIpc) is 2.67. The Morgan fingerprint density at radius 1 is 1.19 bits per heavy atom. The zero-order chi connectivity index (χ0) is 18.5. The van der Waals surface area contributed by atoms with Gasteiger partial charge in [-0.3, -0.25) is 9.89 Å². The van der Waals surface area contributed by atoms with Crippen molar-refractivity contribution in [1.29, 1.82) is 0 Å². The molecule has 1 aliphatic heterocycles. The van der Waals surface area contributed by atoms with Crippen LogP contribution in [0.15, 0.2) is 35.3 Å². The van der Waals surface area contributed by atoms with Gasteiger partial charge in [-0.25, -0.2) is 0 Å². The zero-order valence-corrected chi connectivity index (χ0v) is 19.2. The van der Waals surface area contributed by atoms with Crippen LogP contribution < -0.4 is 10.6 Å². The van der Waals surface area contributed by atoms with Crippen molar-refractivity contribution in [3.05, 3.63) is 35.9 Å². The predicted octanol–water partition coefficient (Wildman–Crippen LogP) is 2.01. The van der Waals surface area contributed by atoms with Crippen molar-refractivity contribution < 1.29 is 4.74 Å². The summed E-state index contributed by atoms with van der Waals surface area (Å²) in [5.74, 6) is 0.919. The van der Waals surface area contributed by atoms with Crippen LogP contribution in [0.2, 0.25) is 0 Å². The van der Waals surface area contributed by atoms with Gasteiger partial charge < -0.3 is 20.3 Å². The van der Waals surface area contributed by atoms with E-state index < -0.39 is 0 Å². The SMILES string of the molecule is CCNC(=NCCCN1CCOCC1)NCCN(C)Cc1ccccc1.I. The number of nitrogens with one attached hydrogen (secondary N) is 2. The van der Waals surface area contributed by atoms with E-state index in [9.17, 15) is 0 Å². The highest BCUT2D eigenvalue weighted by Crippen LogP contribution is 2.01. The molecule has 0 aliphatic carbocycles. The fourth-order valence-corrected chi connectivity index (χ4v) is 2.99. The van der Waals surface area contributed by atoms with Crippen LogP contribution in [0, 0.1) is 0 Å². The smallest absolute Gasteiger partial charge is 0.191 e. The maximum Gasteiger partial charge on any atom is 0.191 e. The second-order valence-corrected chi connectivity index (χ2v) is 6.72. The number of likely N-dealkylation sites (N-methyl/N-ethyl adjacent to an activating group) is 1. The van der Waals surface area contributed by atoms with Crippen LogP contribution in [0.3, 0.4) is 0 Å². The first-order valence-electron chi connectivity index (χ1n) is 9.82. The topological polar surface area (TPSA) is 52.1 Å². The highest BCUT2D eigenvalue weighted by atomic mass is 127. The van der Waals surface area contributed by atoms with Gasteiger partial charge in [0.15, 0.2) is 5.96 Å². The van der Waals surface area contributed by atoms with Crippen LogP contribution in [0.4, 0.5) is 0 Å². The number of aliphatic imine (C=N–C) groups is 1. The molecule has 0 radical (unpaired) electrons. The molecule has 0 atom stereocenters. The van der Waals surface area contributed by atoms with Gasteiger partial charge in [0.25, 0.3) is 0 Å². The quantitative estimate of drug-likeness (QED) is 0.228. The van der Waals surface area contributed by atoms with E-state index in [2.05, 4.69) is 64.7 Å². The molecule has 6 nitrogen and oxygen atoms in total. The van der Waals surface area contributed by atoms with E-state index in [1.807, 2.05) is 0 Å². The minimum absolute atomic E-state index is 0. The number of benzene rings is 1. The minimum atomic E-state index is 0. The number of ether oxygens (including phenoxy) is 1. The van der Waals surface area contributed by atoms with Gasteiger partial charge in [-0.15, -0.1) is 24.0 Å². The Morgan fingerprint density at radius 2 is 1.93 bits per heavy atom. The Balaban J connectivity index is 0.00000364. The summed E-state index contributed by atoms with van der Waals surface area (Å²) in [5, 5.41) is 6.77. The Labute approximate surface area is 181 Å². The van der Waals surface area contributed by atoms with E-state index in [1.165, 1.54) is 5.56 Å². The minimum Gasteiger partial charge on any atom is -0.379 e. The summed E-state index contributed by atoms with van der Waals surface area (Å²) >= 11 is 0. The second-order valence-electron chi connectivity index (χ2n) is 6.72. The Kier molecular flexibility index (Phi) is 13.5. The molecule has 2 rings (SSSR count). The third kappa shape index (κ3) is 10.9. The summed E-state index contributed by atoms with van der Waals surface area (Å²) in [4.78, 5) is 9.48. The number of hydrogen-bond acceptors (Lipinski definition) is 4. The molecule has 1 aromatic carbocycles. The number of rotatable bonds is 10. The summed E-state index contributed by atoms with van der Waals surface area (Å²) in [6.45, 7) is 11.6. The zero-order valence-electron chi connectivity index (χ0n) is 16.8. The van der Waals surface area contributed by atoms with Gasteiger partial charge in [0.05, 0.1) is 13.2 Å². The van der Waals surface area contributed by atoms with Gasteiger partial charge in [0.1, 0.15) is 0 Å². The van der Waals surface area contributed by atoms with Gasteiger partial charge >= 0.3 is 0 Å². The van der Waals surface area contributed by atoms with Crippen LogP contribution in [0.5, 0.6) is 0 Å². The normalized spacial score (nSPS) is 15.4. The van der Waals surface area contributed by atoms with Crippen molar-refractivity contribution in [3.63, 3.8) is 0 Å². The van der Waals surface area contributed by atoms with Crippen molar-refractivity contribution in [1.82, 2.24) is 20.4 Å². The Morgan fingerprint density at radius 3 is 2.63 bits per heavy atom. The molecule has 1 fully saturated rings. The summed E-state index contributed by atoms with van der Waals surface area (Å²) in [5.41, 5.74) is 1.35. The molecule has 0 saturated carbocycles. The molecular weight excluding hydrogens is 453 g/mol. The molecule has 27 heavy (non-hydrogen) atoms. The fraction of sp³-hybridized carbons (Fsp3) is 0.650. The number of morpholine rings is 1. The third-order valence-electron chi connectivity index (χ3n) is 4.43. The van der Waals surface area contributed by atoms with Crippen LogP contribution in [-0.4, -0.2) is 81.8 Å². The molecule has 1 aromatic rings. The van der Waals surface area contributed by atoms with Gasteiger partial charge in [0, 0.05) is 52.4 Å². The van der Waals surface area contributed by atoms with Crippen molar-refractivity contribution >= 4 is 29.9 Å². The lowest BCUT2D eigenvalue weighted by Crippen LogP contribution is -2.41. The fourth-order valence-electron chi connectivity index (χ4n) is 2.99. The summed E-state index contributed by atoms with van der Waals surface area (Å²) in [6.07, 6.45) is 1.09. The maximum absolute atomic E-state index is 5.38. The first kappa shape index (κ1) is 24.1. The van der Waals surface area contributed by atoms with E-state index in [4.69, 9.17) is 9.73 Å². The lowest BCUT2D eigenvalue weighted by atomic mass is 10.2. The predicted molar refractivity (Wildman–Crippen MR) is 124 cm³/mol. The molecule has 0 amide bonds. The van der Waals surface area contributed by atoms with E-state index in [1.54, 1.807) is 0 Å². The van der Waals surface area contributed by atoms with Crippen LogP contribution in [0.25, 0.3) is 0 Å².